The maximum atomic E-state index is 11.8. The number of para-hydroxylation sites is 1. The minimum atomic E-state index is -0.645. The van der Waals surface area contributed by atoms with E-state index in [-0.39, 0.29) is 16.4 Å². The highest BCUT2D eigenvalue weighted by molar-refractivity contribution is 7.80. The summed E-state index contributed by atoms with van der Waals surface area (Å²) in [6.07, 6.45) is 0. The molecule has 0 aliphatic rings. The minimum Gasteiger partial charge on any atom is -0.383 e. The van der Waals surface area contributed by atoms with Gasteiger partial charge in [0, 0.05) is 19.7 Å². The van der Waals surface area contributed by atoms with Crippen LogP contribution < -0.4 is 16.2 Å². The number of methoxy groups -OCH3 is 1. The van der Waals surface area contributed by atoms with E-state index in [0.29, 0.717) is 13.2 Å². The predicted molar refractivity (Wildman–Crippen MR) is 76.2 cm³/mol. The van der Waals surface area contributed by atoms with Crippen LogP contribution in [0.3, 0.4) is 0 Å². The van der Waals surface area contributed by atoms with Crippen LogP contribution in [0.1, 0.15) is 10.4 Å². The summed E-state index contributed by atoms with van der Waals surface area (Å²) < 4.78 is 4.82. The van der Waals surface area contributed by atoms with E-state index in [1.54, 1.807) is 7.11 Å². The molecule has 0 aliphatic heterocycles. The van der Waals surface area contributed by atoms with Crippen LogP contribution in [0.2, 0.25) is 0 Å². The van der Waals surface area contributed by atoms with E-state index in [0.717, 1.165) is 0 Å². The quantitative estimate of drug-likeness (QED) is 0.312. The smallest absolute Gasteiger partial charge is 0.282 e. The van der Waals surface area contributed by atoms with Crippen molar-refractivity contribution in [1.82, 2.24) is 16.2 Å². The van der Waals surface area contributed by atoms with E-state index in [9.17, 15) is 14.9 Å². The third kappa shape index (κ3) is 4.78. The molecule has 9 heteroatoms. The Kier molecular flexibility index (Phi) is 6.33. The van der Waals surface area contributed by atoms with Crippen molar-refractivity contribution in [1.29, 1.82) is 0 Å². The molecule has 0 aliphatic carbocycles. The second-order valence-electron chi connectivity index (χ2n) is 3.60. The molecule has 1 rings (SSSR count). The van der Waals surface area contributed by atoms with Crippen molar-refractivity contribution in [2.45, 2.75) is 0 Å². The number of carbonyl (C=O) groups excluding carboxylic acids is 1. The van der Waals surface area contributed by atoms with Crippen LogP contribution in [-0.2, 0) is 4.74 Å². The number of nitro benzene ring substituents is 1. The molecule has 8 nitrogen and oxygen atoms in total. The van der Waals surface area contributed by atoms with Gasteiger partial charge in [-0.15, -0.1) is 0 Å². The molecule has 1 amide bonds. The molecule has 3 N–H and O–H groups in total. The van der Waals surface area contributed by atoms with Gasteiger partial charge in [-0.3, -0.25) is 25.8 Å². The second kappa shape index (κ2) is 8.02. The highest BCUT2D eigenvalue weighted by atomic mass is 32.1. The lowest BCUT2D eigenvalue weighted by Gasteiger charge is -2.11. The molecule has 0 aromatic heterocycles. The van der Waals surface area contributed by atoms with E-state index in [4.69, 9.17) is 17.0 Å². The summed E-state index contributed by atoms with van der Waals surface area (Å²) in [4.78, 5) is 22.0. The van der Waals surface area contributed by atoms with Crippen LogP contribution in [-0.4, -0.2) is 36.2 Å². The molecule has 1 aromatic carbocycles. The number of amides is 1. The van der Waals surface area contributed by atoms with Gasteiger partial charge in [-0.25, -0.2) is 0 Å². The zero-order chi connectivity index (χ0) is 15.0. The summed E-state index contributed by atoms with van der Waals surface area (Å²) in [6.45, 7) is 0.934. The van der Waals surface area contributed by atoms with Gasteiger partial charge < -0.3 is 10.1 Å². The highest BCUT2D eigenvalue weighted by Gasteiger charge is 2.18. The predicted octanol–water partition coefficient (Wildman–Crippen LogP) is 0.350. The zero-order valence-corrected chi connectivity index (χ0v) is 11.5. The fraction of sp³-hybridized carbons (Fsp3) is 0.273. The van der Waals surface area contributed by atoms with E-state index in [1.165, 1.54) is 24.3 Å². The summed E-state index contributed by atoms with van der Waals surface area (Å²) in [5.41, 5.74) is 4.41. The normalized spacial score (nSPS) is 9.65. The van der Waals surface area contributed by atoms with Gasteiger partial charge in [0.15, 0.2) is 5.11 Å². The first-order valence-electron chi connectivity index (χ1n) is 5.62. The third-order valence-corrected chi connectivity index (χ3v) is 2.47. The Morgan fingerprint density at radius 2 is 2.10 bits per heavy atom. The first-order chi connectivity index (χ1) is 9.56. The summed E-state index contributed by atoms with van der Waals surface area (Å²) in [5, 5.41) is 13.8. The molecule has 0 saturated heterocycles. The van der Waals surface area contributed by atoms with Crippen molar-refractivity contribution in [2.24, 2.45) is 0 Å². The molecule has 0 saturated carbocycles. The molecule has 20 heavy (non-hydrogen) atoms. The Morgan fingerprint density at radius 3 is 2.75 bits per heavy atom. The van der Waals surface area contributed by atoms with E-state index < -0.39 is 10.8 Å². The van der Waals surface area contributed by atoms with Gasteiger partial charge in [0.05, 0.1) is 11.5 Å². The van der Waals surface area contributed by atoms with Crippen LogP contribution in [0.4, 0.5) is 5.69 Å². The highest BCUT2D eigenvalue weighted by Crippen LogP contribution is 2.16. The summed E-state index contributed by atoms with van der Waals surface area (Å²) in [5.74, 6) is -0.645. The number of ether oxygens (including phenoxy) is 1. The van der Waals surface area contributed by atoms with Crippen molar-refractivity contribution < 1.29 is 14.5 Å². The van der Waals surface area contributed by atoms with E-state index >= 15 is 0 Å². The van der Waals surface area contributed by atoms with Gasteiger partial charge in [-0.05, 0) is 18.3 Å². The topological polar surface area (TPSA) is 106 Å². The lowest BCUT2D eigenvalue weighted by Crippen LogP contribution is -2.47. The van der Waals surface area contributed by atoms with Crippen molar-refractivity contribution >= 4 is 28.9 Å². The van der Waals surface area contributed by atoms with Gasteiger partial charge in [-0.2, -0.15) is 0 Å². The van der Waals surface area contributed by atoms with Gasteiger partial charge in [0.2, 0.25) is 0 Å². The number of carbonyl (C=O) groups is 1. The second-order valence-corrected chi connectivity index (χ2v) is 4.01. The van der Waals surface area contributed by atoms with E-state index in [2.05, 4.69) is 16.2 Å². The van der Waals surface area contributed by atoms with E-state index in [1.807, 2.05) is 0 Å². The number of nitro groups is 1. The average molecular weight is 298 g/mol. The Labute approximate surface area is 120 Å². The zero-order valence-electron chi connectivity index (χ0n) is 10.7. The number of hydrogen-bond donors (Lipinski definition) is 3. The van der Waals surface area contributed by atoms with Crippen molar-refractivity contribution in [3.05, 3.63) is 39.9 Å². The number of nitrogens with one attached hydrogen (secondary N) is 3. The van der Waals surface area contributed by atoms with Crippen LogP contribution in [0.25, 0.3) is 0 Å². The molecule has 0 bridgehead atoms. The molecular weight excluding hydrogens is 284 g/mol. The lowest BCUT2D eigenvalue weighted by molar-refractivity contribution is -0.385. The molecule has 0 radical (unpaired) electrons. The first-order valence-corrected chi connectivity index (χ1v) is 6.03. The summed E-state index contributed by atoms with van der Waals surface area (Å²) in [6, 6.07) is 5.64. The lowest BCUT2D eigenvalue weighted by atomic mass is 10.2. The van der Waals surface area contributed by atoms with Gasteiger partial charge in [-0.1, -0.05) is 12.1 Å². The molecule has 0 spiro atoms. The number of hydrogen-bond acceptors (Lipinski definition) is 5. The van der Waals surface area contributed by atoms with Crippen molar-refractivity contribution in [3.63, 3.8) is 0 Å². The van der Waals surface area contributed by atoms with Crippen LogP contribution >= 0.6 is 12.2 Å². The molecule has 0 heterocycles. The molecular formula is C11H14N4O4S. The van der Waals surface area contributed by atoms with Crippen molar-refractivity contribution in [3.8, 4) is 0 Å². The van der Waals surface area contributed by atoms with Gasteiger partial charge in [0.25, 0.3) is 11.6 Å². The molecule has 0 unspecified atom stereocenters. The van der Waals surface area contributed by atoms with Crippen LogP contribution in [0, 0.1) is 10.1 Å². The monoisotopic (exact) mass is 298 g/mol. The fourth-order valence-corrected chi connectivity index (χ4v) is 1.47. The summed E-state index contributed by atoms with van der Waals surface area (Å²) in [7, 11) is 1.55. The largest absolute Gasteiger partial charge is 0.383 e. The van der Waals surface area contributed by atoms with Crippen molar-refractivity contribution in [2.75, 3.05) is 20.3 Å². The Balaban J connectivity index is 2.55. The van der Waals surface area contributed by atoms with Crippen LogP contribution in [0.5, 0.6) is 0 Å². The molecule has 0 atom stereocenters. The van der Waals surface area contributed by atoms with Crippen LogP contribution in [0.15, 0.2) is 24.3 Å². The third-order valence-electron chi connectivity index (χ3n) is 2.23. The number of rotatable bonds is 5. The Morgan fingerprint density at radius 1 is 1.40 bits per heavy atom. The Bertz CT molecular complexity index is 509. The molecule has 1 aromatic rings. The average Bonchev–Trinajstić information content (AvgIpc) is 2.45. The SMILES string of the molecule is COCCNC(=S)NNC(=O)c1ccccc1[N+](=O)[O-]. The number of benzene rings is 1. The maximum absolute atomic E-state index is 11.8. The maximum Gasteiger partial charge on any atom is 0.282 e. The molecule has 108 valence electrons. The number of nitrogens with zero attached hydrogens (tertiary/aromatic N) is 1. The minimum absolute atomic E-state index is 0.0512. The van der Waals surface area contributed by atoms with Gasteiger partial charge in [0.1, 0.15) is 5.56 Å². The summed E-state index contributed by atoms with van der Waals surface area (Å²) >= 11 is 4.89. The number of hydrazine groups is 1. The van der Waals surface area contributed by atoms with Gasteiger partial charge >= 0.3 is 0 Å². The molecule has 0 fully saturated rings. The fourth-order valence-electron chi connectivity index (χ4n) is 1.32. The standard InChI is InChI=1S/C11H14N4O4S/c1-19-7-6-12-11(20)14-13-10(16)8-4-2-3-5-9(8)15(17)18/h2-5H,6-7H2,1H3,(H,13,16)(H2,12,14,20). The number of thiocarbonyl (C=S) groups is 1. The first kappa shape index (κ1) is 15.8. The Hall–Kier alpha value is -2.26.